The largest absolute Gasteiger partial charge is 0.511 e. The maximum Gasteiger partial charge on any atom is 0.255 e. The molecule has 0 aliphatic heterocycles. The van der Waals surface area contributed by atoms with Gasteiger partial charge in [-0.3, -0.25) is 14.4 Å². The molecule has 1 amide bonds. The van der Waals surface area contributed by atoms with Gasteiger partial charge in [0.05, 0.1) is 5.56 Å². The van der Waals surface area contributed by atoms with Gasteiger partial charge in [0.25, 0.3) is 5.91 Å². The summed E-state index contributed by atoms with van der Waals surface area (Å²) in [5.74, 6) is -6.28. The lowest BCUT2D eigenvalue weighted by molar-refractivity contribution is -0.144. The fourth-order valence-electron chi connectivity index (χ4n) is 5.44. The first-order valence-electron chi connectivity index (χ1n) is 11.4. The second kappa shape index (κ2) is 9.05. The summed E-state index contributed by atoms with van der Waals surface area (Å²) in [7, 11) is 0. The number of fused-ring (bicyclic) bond motifs is 3. The molecule has 0 fully saturated rings. The van der Waals surface area contributed by atoms with Crippen LogP contribution in [0.3, 0.4) is 0 Å². The smallest absolute Gasteiger partial charge is 0.255 e. The van der Waals surface area contributed by atoms with Gasteiger partial charge in [-0.15, -0.1) is 4.91 Å². The van der Waals surface area contributed by atoms with Crippen molar-refractivity contribution in [2.24, 2.45) is 22.7 Å². The third-order valence-electron chi connectivity index (χ3n) is 7.16. The van der Waals surface area contributed by atoms with Crippen molar-refractivity contribution in [2.75, 3.05) is 0 Å². The minimum atomic E-state index is -2.59. The second-order valence-electron chi connectivity index (χ2n) is 9.22. The molecule has 0 unspecified atom stereocenters. The average Bonchev–Trinajstić information content (AvgIpc) is 2.80. The van der Waals surface area contributed by atoms with Crippen LogP contribution in [-0.4, -0.2) is 38.4 Å². The van der Waals surface area contributed by atoms with E-state index in [4.69, 9.17) is 17.3 Å². The zero-order valence-electron chi connectivity index (χ0n) is 19.0. The highest BCUT2D eigenvalue weighted by molar-refractivity contribution is 6.31. The Bertz CT molecular complexity index is 1260. The number of aliphatic hydroxyl groups excluding tert-OH is 2. The van der Waals surface area contributed by atoms with Crippen LogP contribution in [0.25, 0.3) is 6.08 Å². The number of carbonyl (C=O) groups is 3. The predicted molar refractivity (Wildman–Crippen MR) is 128 cm³/mol. The first kappa shape index (κ1) is 24.8. The van der Waals surface area contributed by atoms with Gasteiger partial charge >= 0.3 is 0 Å². The van der Waals surface area contributed by atoms with Crippen molar-refractivity contribution < 1.29 is 29.7 Å². The van der Waals surface area contributed by atoms with Crippen molar-refractivity contribution in [3.8, 4) is 0 Å². The summed E-state index contributed by atoms with van der Waals surface area (Å²) in [6.07, 6.45) is 4.22. The lowest BCUT2D eigenvalue weighted by atomic mass is 9.60. The summed E-state index contributed by atoms with van der Waals surface area (Å²) in [4.78, 5) is 49.9. The van der Waals surface area contributed by atoms with E-state index in [0.717, 1.165) is 12.8 Å². The molecule has 0 saturated heterocycles. The molecule has 0 saturated carbocycles. The number of ketones is 2. The number of Topliss-reactive ketones (excluding diaryl/α,β-unsaturated/α-hetero) is 2. The van der Waals surface area contributed by atoms with E-state index in [1.54, 1.807) is 12.1 Å². The summed E-state index contributed by atoms with van der Waals surface area (Å²) in [6.45, 7) is 2.04. The first-order chi connectivity index (χ1) is 16.6. The van der Waals surface area contributed by atoms with E-state index in [0.29, 0.717) is 22.6 Å². The molecule has 3 atom stereocenters. The SMILES string of the molecule is CCCC/C(Cl)=C/c1ccc(N=O)c2c1C[C@H]1C[C@H]3CC(O)=C(C(N)=O)C(=O)[C@@]3(O)C(O)=C1C2=O. The number of unbranched alkanes of at least 4 members (excludes halogenated alkanes) is 1. The lowest BCUT2D eigenvalue weighted by Crippen LogP contribution is -2.57. The van der Waals surface area contributed by atoms with Gasteiger partial charge in [-0.1, -0.05) is 31.0 Å². The molecule has 5 N–H and O–H groups in total. The number of hydrogen-bond donors (Lipinski definition) is 4. The van der Waals surface area contributed by atoms with Crippen LogP contribution in [0.4, 0.5) is 5.69 Å². The number of primary amides is 1. The molecule has 0 heterocycles. The van der Waals surface area contributed by atoms with Crippen LogP contribution in [0.15, 0.2) is 45.0 Å². The number of halogens is 1. The maximum atomic E-state index is 13.6. The molecule has 3 aliphatic rings. The molecule has 0 bridgehead atoms. The number of carbonyl (C=O) groups excluding carboxylic acids is 3. The molecule has 3 aliphatic carbocycles. The van der Waals surface area contributed by atoms with Gasteiger partial charge < -0.3 is 21.1 Å². The Hall–Kier alpha value is -3.30. The number of hydrogen-bond acceptors (Lipinski definition) is 8. The Balaban J connectivity index is 1.87. The van der Waals surface area contributed by atoms with Crippen LogP contribution >= 0.6 is 11.6 Å². The molecule has 10 heteroatoms. The van der Waals surface area contributed by atoms with Gasteiger partial charge in [0.2, 0.25) is 5.78 Å². The van der Waals surface area contributed by atoms with Crippen LogP contribution in [-0.2, 0) is 16.0 Å². The highest BCUT2D eigenvalue weighted by Gasteiger charge is 2.59. The summed E-state index contributed by atoms with van der Waals surface area (Å²) < 4.78 is 0. The molecule has 9 nitrogen and oxygen atoms in total. The van der Waals surface area contributed by atoms with Crippen LogP contribution in [0.2, 0.25) is 0 Å². The Morgan fingerprint density at radius 1 is 1.29 bits per heavy atom. The summed E-state index contributed by atoms with van der Waals surface area (Å²) in [5, 5.41) is 36.2. The van der Waals surface area contributed by atoms with Crippen molar-refractivity contribution in [2.45, 2.75) is 51.0 Å². The summed E-state index contributed by atoms with van der Waals surface area (Å²) >= 11 is 6.39. The Kier molecular flexibility index (Phi) is 6.42. The van der Waals surface area contributed by atoms with Crippen molar-refractivity contribution in [3.05, 3.63) is 61.4 Å². The summed E-state index contributed by atoms with van der Waals surface area (Å²) in [5.41, 5.74) is 2.62. The van der Waals surface area contributed by atoms with Crippen LogP contribution in [0, 0.1) is 16.7 Å². The quantitative estimate of drug-likeness (QED) is 0.337. The van der Waals surface area contributed by atoms with Gasteiger partial charge in [-0.25, -0.2) is 0 Å². The van der Waals surface area contributed by atoms with Gasteiger partial charge in [0.1, 0.15) is 22.8 Å². The third-order valence-corrected chi connectivity index (χ3v) is 7.46. The maximum absolute atomic E-state index is 13.6. The highest BCUT2D eigenvalue weighted by atomic mass is 35.5. The molecule has 1 aromatic rings. The topological polar surface area (TPSA) is 167 Å². The fourth-order valence-corrected chi connectivity index (χ4v) is 5.69. The Morgan fingerprint density at radius 3 is 2.63 bits per heavy atom. The van der Waals surface area contributed by atoms with E-state index in [1.807, 2.05) is 6.92 Å². The van der Waals surface area contributed by atoms with Crippen molar-refractivity contribution in [1.29, 1.82) is 0 Å². The third kappa shape index (κ3) is 3.79. The standard InChI is InChI=1S/C25H25ClN2O7/c1-2-3-4-14(26)8-11-5-6-16(28-35)19-15(11)9-12-7-13-10-17(29)20(24(27)33)23(32)25(13,34)22(31)18(12)21(19)30/h5-6,8,12-13,29,31,34H,2-4,7,9-10H2,1H3,(H2,27,33)/b14-8-/t12-,13+,25+/m1/s1. The predicted octanol–water partition coefficient (Wildman–Crippen LogP) is 4.04. The van der Waals surface area contributed by atoms with E-state index in [-0.39, 0.29) is 36.1 Å². The van der Waals surface area contributed by atoms with Crippen LogP contribution < -0.4 is 5.73 Å². The van der Waals surface area contributed by atoms with Crippen LogP contribution in [0.1, 0.15) is 60.5 Å². The van der Waals surface area contributed by atoms with E-state index >= 15 is 0 Å². The summed E-state index contributed by atoms with van der Waals surface area (Å²) in [6, 6.07) is 3.04. The molecule has 0 spiro atoms. The molecule has 1 aromatic carbocycles. The normalized spacial score (nSPS) is 26.3. The van der Waals surface area contributed by atoms with Crippen molar-refractivity contribution >= 4 is 40.8 Å². The minimum Gasteiger partial charge on any atom is -0.511 e. The number of nitrogens with two attached hydrogens (primary N) is 1. The van der Waals surface area contributed by atoms with Crippen molar-refractivity contribution in [3.63, 3.8) is 0 Å². The zero-order valence-corrected chi connectivity index (χ0v) is 19.8. The number of allylic oxidation sites excluding steroid dienone is 3. The van der Waals surface area contributed by atoms with E-state index < -0.39 is 52.0 Å². The van der Waals surface area contributed by atoms with E-state index in [2.05, 4.69) is 5.18 Å². The van der Waals surface area contributed by atoms with Gasteiger partial charge in [0, 0.05) is 22.9 Å². The van der Waals surface area contributed by atoms with Gasteiger partial charge in [0.15, 0.2) is 11.4 Å². The highest BCUT2D eigenvalue weighted by Crippen LogP contribution is 2.51. The number of rotatable bonds is 6. The van der Waals surface area contributed by atoms with Gasteiger partial charge in [-0.05, 0) is 60.0 Å². The number of benzene rings is 1. The number of nitrogens with zero attached hydrogens (tertiary/aromatic N) is 1. The van der Waals surface area contributed by atoms with E-state index in [1.165, 1.54) is 6.07 Å². The molecule has 0 aromatic heterocycles. The molecule has 0 radical (unpaired) electrons. The fraction of sp³-hybridized carbons (Fsp3) is 0.400. The Morgan fingerprint density at radius 2 is 2.00 bits per heavy atom. The van der Waals surface area contributed by atoms with E-state index in [9.17, 15) is 34.6 Å². The lowest BCUT2D eigenvalue weighted by Gasteiger charge is -2.45. The number of nitroso groups, excluding NO2 is 1. The second-order valence-corrected chi connectivity index (χ2v) is 9.71. The number of aliphatic hydroxyl groups is 3. The average molecular weight is 501 g/mol. The van der Waals surface area contributed by atoms with Crippen LogP contribution in [0.5, 0.6) is 0 Å². The van der Waals surface area contributed by atoms with Crippen molar-refractivity contribution in [1.82, 2.24) is 0 Å². The monoisotopic (exact) mass is 500 g/mol. The van der Waals surface area contributed by atoms with Gasteiger partial charge in [-0.2, -0.15) is 0 Å². The molecular formula is C25H25ClN2O7. The Labute approximate surface area is 205 Å². The molecule has 4 rings (SSSR count). The zero-order chi connectivity index (χ0) is 25.7. The minimum absolute atomic E-state index is 0.0228. The molecular weight excluding hydrogens is 476 g/mol. The first-order valence-corrected chi connectivity index (χ1v) is 11.8. The molecule has 35 heavy (non-hydrogen) atoms. The molecule has 184 valence electrons. The number of amides is 1.